The minimum Gasteiger partial charge on any atom is -0.382 e. The summed E-state index contributed by atoms with van der Waals surface area (Å²) >= 11 is 3.54. The first-order valence-corrected chi connectivity index (χ1v) is 7.16. The molecule has 1 aromatic rings. The quantitative estimate of drug-likeness (QED) is 0.703. The van der Waals surface area contributed by atoms with Crippen LogP contribution in [-0.4, -0.2) is 26.9 Å². The summed E-state index contributed by atoms with van der Waals surface area (Å²) in [5.41, 5.74) is 2.25. The van der Waals surface area contributed by atoms with Gasteiger partial charge < -0.3 is 14.8 Å². The number of nitrogens with one attached hydrogen (secondary N) is 1. The molecule has 0 bridgehead atoms. The SMILES string of the molecule is CCCCOCCNc1cccc(Br)c1COC. The van der Waals surface area contributed by atoms with Crippen molar-refractivity contribution in [3.63, 3.8) is 0 Å². The fourth-order valence-corrected chi connectivity index (χ4v) is 2.10. The zero-order chi connectivity index (χ0) is 13.2. The van der Waals surface area contributed by atoms with E-state index < -0.39 is 0 Å². The van der Waals surface area contributed by atoms with Crippen LogP contribution in [0.1, 0.15) is 25.3 Å². The smallest absolute Gasteiger partial charge is 0.0744 e. The highest BCUT2D eigenvalue weighted by Gasteiger charge is 2.05. The fraction of sp³-hybridized carbons (Fsp3) is 0.571. The van der Waals surface area contributed by atoms with Gasteiger partial charge >= 0.3 is 0 Å². The van der Waals surface area contributed by atoms with Crippen molar-refractivity contribution < 1.29 is 9.47 Å². The topological polar surface area (TPSA) is 30.5 Å². The molecule has 0 saturated heterocycles. The maximum Gasteiger partial charge on any atom is 0.0744 e. The van der Waals surface area contributed by atoms with Crippen LogP contribution in [0.25, 0.3) is 0 Å². The van der Waals surface area contributed by atoms with Crippen LogP contribution in [0.2, 0.25) is 0 Å². The van der Waals surface area contributed by atoms with Crippen molar-refractivity contribution in [1.29, 1.82) is 0 Å². The van der Waals surface area contributed by atoms with Crippen LogP contribution in [-0.2, 0) is 16.1 Å². The standard InChI is InChI=1S/C14H22BrNO2/c1-3-4-9-18-10-8-16-14-7-5-6-13(15)12(14)11-17-2/h5-7,16H,3-4,8-11H2,1-2H3. The third-order valence-electron chi connectivity index (χ3n) is 2.61. The Morgan fingerprint density at radius 3 is 2.83 bits per heavy atom. The van der Waals surface area contributed by atoms with E-state index in [-0.39, 0.29) is 0 Å². The number of hydrogen-bond donors (Lipinski definition) is 1. The van der Waals surface area contributed by atoms with Crippen molar-refractivity contribution in [2.75, 3.05) is 32.2 Å². The largest absolute Gasteiger partial charge is 0.382 e. The van der Waals surface area contributed by atoms with Crippen molar-refractivity contribution in [1.82, 2.24) is 0 Å². The highest BCUT2D eigenvalue weighted by molar-refractivity contribution is 9.10. The summed E-state index contributed by atoms with van der Waals surface area (Å²) in [5.74, 6) is 0. The van der Waals surface area contributed by atoms with Crippen LogP contribution in [0.3, 0.4) is 0 Å². The van der Waals surface area contributed by atoms with E-state index in [0.29, 0.717) is 6.61 Å². The summed E-state index contributed by atoms with van der Waals surface area (Å²) in [6.07, 6.45) is 2.31. The van der Waals surface area contributed by atoms with Gasteiger partial charge in [-0.1, -0.05) is 35.3 Å². The predicted octanol–water partition coefficient (Wildman–Crippen LogP) is 3.82. The average molecular weight is 316 g/mol. The lowest BCUT2D eigenvalue weighted by atomic mass is 10.2. The van der Waals surface area contributed by atoms with Crippen LogP contribution in [0.5, 0.6) is 0 Å². The van der Waals surface area contributed by atoms with Gasteiger partial charge in [-0.2, -0.15) is 0 Å². The molecule has 1 rings (SSSR count). The van der Waals surface area contributed by atoms with Gasteiger partial charge in [-0.25, -0.2) is 0 Å². The first kappa shape index (κ1) is 15.5. The highest BCUT2D eigenvalue weighted by Crippen LogP contribution is 2.25. The van der Waals surface area contributed by atoms with E-state index in [1.165, 1.54) is 6.42 Å². The van der Waals surface area contributed by atoms with Gasteiger partial charge in [0.2, 0.25) is 0 Å². The number of unbranched alkanes of at least 4 members (excludes halogenated alkanes) is 1. The Morgan fingerprint density at radius 1 is 1.28 bits per heavy atom. The lowest BCUT2D eigenvalue weighted by Gasteiger charge is -2.13. The zero-order valence-corrected chi connectivity index (χ0v) is 12.8. The lowest BCUT2D eigenvalue weighted by molar-refractivity contribution is 0.141. The van der Waals surface area contributed by atoms with Crippen molar-refractivity contribution in [3.05, 3.63) is 28.2 Å². The molecule has 0 spiro atoms. The Hall–Kier alpha value is -0.580. The van der Waals surface area contributed by atoms with Crippen LogP contribution in [0.4, 0.5) is 5.69 Å². The summed E-state index contributed by atoms with van der Waals surface area (Å²) < 4.78 is 11.8. The van der Waals surface area contributed by atoms with Gasteiger partial charge in [0.15, 0.2) is 0 Å². The van der Waals surface area contributed by atoms with Gasteiger partial charge in [-0.15, -0.1) is 0 Å². The summed E-state index contributed by atoms with van der Waals surface area (Å²) in [6, 6.07) is 6.10. The van der Waals surface area contributed by atoms with E-state index in [2.05, 4.69) is 34.2 Å². The van der Waals surface area contributed by atoms with Crippen molar-refractivity contribution >= 4 is 21.6 Å². The zero-order valence-electron chi connectivity index (χ0n) is 11.2. The molecule has 1 N–H and O–H groups in total. The van der Waals surface area contributed by atoms with Crippen LogP contribution in [0, 0.1) is 0 Å². The van der Waals surface area contributed by atoms with E-state index in [4.69, 9.17) is 9.47 Å². The van der Waals surface area contributed by atoms with Gasteiger partial charge in [-0.05, 0) is 18.6 Å². The molecule has 3 nitrogen and oxygen atoms in total. The van der Waals surface area contributed by atoms with Crippen LogP contribution in [0.15, 0.2) is 22.7 Å². The Morgan fingerprint density at radius 2 is 2.11 bits per heavy atom. The third-order valence-corrected chi connectivity index (χ3v) is 3.35. The highest BCUT2D eigenvalue weighted by atomic mass is 79.9. The molecule has 0 unspecified atom stereocenters. The fourth-order valence-electron chi connectivity index (χ4n) is 1.62. The van der Waals surface area contributed by atoms with Crippen molar-refractivity contribution in [2.45, 2.75) is 26.4 Å². The second kappa shape index (κ2) is 9.36. The molecule has 0 aliphatic rings. The Labute approximate surface area is 118 Å². The van der Waals surface area contributed by atoms with E-state index >= 15 is 0 Å². The summed E-state index contributed by atoms with van der Waals surface area (Å²) in [5, 5.41) is 3.38. The van der Waals surface area contributed by atoms with Gasteiger partial charge in [0, 0.05) is 36.0 Å². The molecule has 0 amide bonds. The molecule has 0 aliphatic carbocycles. The van der Waals surface area contributed by atoms with Crippen LogP contribution < -0.4 is 5.32 Å². The number of rotatable bonds is 9. The van der Waals surface area contributed by atoms with Crippen molar-refractivity contribution in [3.8, 4) is 0 Å². The molecule has 0 aromatic heterocycles. The molecule has 0 saturated carbocycles. The Balaban J connectivity index is 2.39. The molecule has 18 heavy (non-hydrogen) atoms. The number of ether oxygens (including phenoxy) is 2. The maximum atomic E-state index is 5.52. The number of hydrogen-bond acceptors (Lipinski definition) is 3. The molecule has 0 heterocycles. The summed E-state index contributed by atoms with van der Waals surface area (Å²) in [6.45, 7) is 5.16. The van der Waals surface area contributed by atoms with Gasteiger partial charge in [0.1, 0.15) is 0 Å². The maximum absolute atomic E-state index is 5.52. The Kier molecular flexibility index (Phi) is 8.05. The second-order valence-electron chi connectivity index (χ2n) is 4.09. The van der Waals surface area contributed by atoms with Gasteiger partial charge in [0.25, 0.3) is 0 Å². The molecule has 0 fully saturated rings. The molecular formula is C14H22BrNO2. The summed E-state index contributed by atoms with van der Waals surface area (Å²) in [7, 11) is 1.71. The third kappa shape index (κ3) is 5.38. The second-order valence-corrected chi connectivity index (χ2v) is 4.95. The molecule has 1 aromatic carbocycles. The minimum absolute atomic E-state index is 0.598. The van der Waals surface area contributed by atoms with E-state index in [1.54, 1.807) is 7.11 Å². The van der Waals surface area contributed by atoms with E-state index in [1.807, 2.05) is 12.1 Å². The number of halogens is 1. The van der Waals surface area contributed by atoms with Crippen LogP contribution >= 0.6 is 15.9 Å². The predicted molar refractivity (Wildman–Crippen MR) is 79.1 cm³/mol. The van der Waals surface area contributed by atoms with Gasteiger partial charge in [-0.3, -0.25) is 0 Å². The Bertz CT molecular complexity index is 345. The minimum atomic E-state index is 0.598. The number of benzene rings is 1. The summed E-state index contributed by atoms with van der Waals surface area (Å²) in [4.78, 5) is 0. The van der Waals surface area contributed by atoms with Gasteiger partial charge in [0.05, 0.1) is 13.2 Å². The normalized spacial score (nSPS) is 10.6. The molecule has 102 valence electrons. The first-order chi connectivity index (χ1) is 8.79. The first-order valence-electron chi connectivity index (χ1n) is 6.37. The monoisotopic (exact) mass is 315 g/mol. The molecular weight excluding hydrogens is 294 g/mol. The number of anilines is 1. The molecule has 4 heteroatoms. The molecule has 0 radical (unpaired) electrons. The van der Waals surface area contributed by atoms with Crippen molar-refractivity contribution in [2.24, 2.45) is 0 Å². The van der Waals surface area contributed by atoms with E-state index in [0.717, 1.165) is 41.9 Å². The van der Waals surface area contributed by atoms with E-state index in [9.17, 15) is 0 Å². The molecule has 0 aliphatic heterocycles. The lowest BCUT2D eigenvalue weighted by Crippen LogP contribution is -2.11. The average Bonchev–Trinajstić information content (AvgIpc) is 2.37. The number of methoxy groups -OCH3 is 1. The molecule has 0 atom stereocenters.